The largest absolute Gasteiger partial charge is 0.492 e. The fourth-order valence-corrected chi connectivity index (χ4v) is 3.59. The van der Waals surface area contributed by atoms with Gasteiger partial charge in [0.1, 0.15) is 11.5 Å². The summed E-state index contributed by atoms with van der Waals surface area (Å²) in [6, 6.07) is 15.6. The monoisotopic (exact) mass is 498 g/mol. The summed E-state index contributed by atoms with van der Waals surface area (Å²) in [6.07, 6.45) is 6.10. The van der Waals surface area contributed by atoms with Crippen LogP contribution in [0.2, 0.25) is 0 Å². The van der Waals surface area contributed by atoms with Gasteiger partial charge in [-0.25, -0.2) is 0 Å². The molecule has 0 aliphatic heterocycles. The molecule has 0 radical (unpaired) electrons. The summed E-state index contributed by atoms with van der Waals surface area (Å²) >= 11 is 3.48. The first kappa shape index (κ1) is 23.6. The Balaban J connectivity index is 1.56. The molecule has 0 fully saturated rings. The van der Waals surface area contributed by atoms with E-state index in [2.05, 4.69) is 33.5 Å². The zero-order valence-electron chi connectivity index (χ0n) is 18.0. The molecule has 0 unspecified atom stereocenters. The molecule has 0 atom stereocenters. The van der Waals surface area contributed by atoms with Crippen LogP contribution in [0.25, 0.3) is 0 Å². The summed E-state index contributed by atoms with van der Waals surface area (Å²) in [5.74, 6) is 0.865. The second kappa shape index (κ2) is 12.1. The average molecular weight is 499 g/mol. The number of benzene rings is 2. The summed E-state index contributed by atoms with van der Waals surface area (Å²) in [6.45, 7) is 3.12. The van der Waals surface area contributed by atoms with E-state index in [4.69, 9.17) is 9.15 Å². The molecule has 168 valence electrons. The summed E-state index contributed by atoms with van der Waals surface area (Å²) in [5.41, 5.74) is 1.47. The maximum absolute atomic E-state index is 12.7. The third-order valence-corrected chi connectivity index (χ3v) is 5.46. The maximum atomic E-state index is 12.7. The Kier molecular flexibility index (Phi) is 8.92. The number of rotatable bonds is 11. The van der Waals surface area contributed by atoms with Gasteiger partial charge in [0, 0.05) is 16.8 Å². The molecule has 3 aromatic rings. The van der Waals surface area contributed by atoms with Gasteiger partial charge >= 0.3 is 0 Å². The van der Waals surface area contributed by atoms with Crippen LogP contribution in [0, 0.1) is 0 Å². The number of amides is 2. The molecule has 3 rings (SSSR count). The lowest BCUT2D eigenvalue weighted by Gasteiger charge is -2.11. The van der Waals surface area contributed by atoms with E-state index < -0.39 is 0 Å². The van der Waals surface area contributed by atoms with Crippen LogP contribution in [0.4, 0.5) is 5.69 Å². The standard InChI is InChI=1S/C25H27BrN2O4/c1-2-3-4-5-13-32-23-12-11-19(16-22(23)26)25(30)28-20-9-6-8-18(15-20)24(29)27-17-21-10-7-14-31-21/h6-12,14-16H,2-5,13,17H2,1H3,(H,27,29)(H,28,30). The lowest BCUT2D eigenvalue weighted by atomic mass is 10.1. The number of hydrogen-bond acceptors (Lipinski definition) is 4. The summed E-state index contributed by atoms with van der Waals surface area (Å²) in [7, 11) is 0. The Hall–Kier alpha value is -3.06. The average Bonchev–Trinajstić information content (AvgIpc) is 3.32. The predicted octanol–water partition coefficient (Wildman–Crippen LogP) is 6.18. The molecule has 0 aliphatic rings. The molecule has 0 saturated heterocycles. The number of nitrogens with one attached hydrogen (secondary N) is 2. The zero-order chi connectivity index (χ0) is 22.8. The first-order valence-electron chi connectivity index (χ1n) is 10.7. The van der Waals surface area contributed by atoms with E-state index in [0.29, 0.717) is 41.5 Å². The number of carbonyl (C=O) groups excluding carboxylic acids is 2. The van der Waals surface area contributed by atoms with Gasteiger partial charge in [-0.3, -0.25) is 9.59 Å². The van der Waals surface area contributed by atoms with Crippen LogP contribution in [0.15, 0.2) is 69.8 Å². The second-order valence-corrected chi connectivity index (χ2v) is 8.21. The van der Waals surface area contributed by atoms with E-state index in [-0.39, 0.29) is 11.8 Å². The van der Waals surface area contributed by atoms with Crippen molar-refractivity contribution in [2.24, 2.45) is 0 Å². The highest BCUT2D eigenvalue weighted by Gasteiger charge is 2.12. The van der Waals surface area contributed by atoms with E-state index in [1.54, 1.807) is 60.9 Å². The highest BCUT2D eigenvalue weighted by molar-refractivity contribution is 9.10. The quantitative estimate of drug-likeness (QED) is 0.309. The van der Waals surface area contributed by atoms with Gasteiger partial charge in [-0.05, 0) is 70.9 Å². The number of carbonyl (C=O) groups is 2. The lowest BCUT2D eigenvalue weighted by Crippen LogP contribution is -2.22. The Bertz CT molecular complexity index is 1030. The predicted molar refractivity (Wildman–Crippen MR) is 128 cm³/mol. The van der Waals surface area contributed by atoms with Gasteiger partial charge in [0.05, 0.1) is 23.9 Å². The van der Waals surface area contributed by atoms with E-state index in [1.165, 1.54) is 12.8 Å². The number of unbranched alkanes of at least 4 members (excludes halogenated alkanes) is 3. The number of furan rings is 1. The van der Waals surface area contributed by atoms with Crippen molar-refractivity contribution in [1.29, 1.82) is 0 Å². The van der Waals surface area contributed by atoms with E-state index in [0.717, 1.165) is 17.3 Å². The minimum atomic E-state index is -0.270. The maximum Gasteiger partial charge on any atom is 0.255 e. The number of hydrogen-bond donors (Lipinski definition) is 2. The first-order valence-corrected chi connectivity index (χ1v) is 11.5. The third-order valence-electron chi connectivity index (χ3n) is 4.84. The molecular formula is C25H27BrN2O4. The second-order valence-electron chi connectivity index (χ2n) is 7.35. The van der Waals surface area contributed by atoms with Crippen molar-refractivity contribution in [3.8, 4) is 5.75 Å². The first-order chi connectivity index (χ1) is 15.6. The number of ether oxygens (including phenoxy) is 1. The minimum Gasteiger partial charge on any atom is -0.492 e. The summed E-state index contributed by atoms with van der Waals surface area (Å²) < 4.78 is 11.7. The molecule has 6 nitrogen and oxygen atoms in total. The molecule has 2 N–H and O–H groups in total. The van der Waals surface area contributed by atoms with Gasteiger partial charge in [-0.1, -0.05) is 32.3 Å². The molecule has 1 heterocycles. The zero-order valence-corrected chi connectivity index (χ0v) is 19.6. The third kappa shape index (κ3) is 6.99. The van der Waals surface area contributed by atoms with Crippen molar-refractivity contribution in [2.75, 3.05) is 11.9 Å². The van der Waals surface area contributed by atoms with E-state index in [9.17, 15) is 9.59 Å². The smallest absolute Gasteiger partial charge is 0.255 e. The van der Waals surface area contributed by atoms with Crippen LogP contribution in [0.3, 0.4) is 0 Å². The molecule has 0 spiro atoms. The molecule has 0 aliphatic carbocycles. The van der Waals surface area contributed by atoms with Crippen molar-refractivity contribution >= 4 is 33.4 Å². The van der Waals surface area contributed by atoms with E-state index >= 15 is 0 Å². The van der Waals surface area contributed by atoms with Crippen LogP contribution >= 0.6 is 15.9 Å². The highest BCUT2D eigenvalue weighted by Crippen LogP contribution is 2.27. The van der Waals surface area contributed by atoms with Gasteiger partial charge in [0.15, 0.2) is 0 Å². The van der Waals surface area contributed by atoms with Crippen LogP contribution in [-0.2, 0) is 6.54 Å². The number of anilines is 1. The van der Waals surface area contributed by atoms with Crippen molar-refractivity contribution in [3.63, 3.8) is 0 Å². The molecule has 32 heavy (non-hydrogen) atoms. The molecule has 0 saturated carbocycles. The normalized spacial score (nSPS) is 10.6. The Morgan fingerprint density at radius 1 is 0.969 bits per heavy atom. The molecule has 2 amide bonds. The highest BCUT2D eigenvalue weighted by atomic mass is 79.9. The number of halogens is 1. The van der Waals surface area contributed by atoms with Crippen molar-refractivity contribution in [2.45, 2.75) is 39.2 Å². The molecule has 1 aromatic heterocycles. The fraction of sp³-hybridized carbons (Fsp3) is 0.280. The Morgan fingerprint density at radius 2 is 1.81 bits per heavy atom. The molecular weight excluding hydrogens is 472 g/mol. The molecule has 7 heteroatoms. The Morgan fingerprint density at radius 3 is 2.56 bits per heavy atom. The summed E-state index contributed by atoms with van der Waals surface area (Å²) in [4.78, 5) is 25.1. The minimum absolute atomic E-state index is 0.249. The van der Waals surface area contributed by atoms with Crippen LogP contribution < -0.4 is 15.4 Å². The van der Waals surface area contributed by atoms with Crippen LogP contribution in [0.1, 0.15) is 59.1 Å². The van der Waals surface area contributed by atoms with Crippen molar-refractivity contribution in [3.05, 3.63) is 82.2 Å². The van der Waals surface area contributed by atoms with E-state index in [1.807, 2.05) is 0 Å². The fourth-order valence-electron chi connectivity index (χ4n) is 3.09. The van der Waals surface area contributed by atoms with Crippen LogP contribution in [-0.4, -0.2) is 18.4 Å². The van der Waals surface area contributed by atoms with Crippen molar-refractivity contribution in [1.82, 2.24) is 5.32 Å². The topological polar surface area (TPSA) is 80.6 Å². The van der Waals surface area contributed by atoms with Crippen molar-refractivity contribution < 1.29 is 18.7 Å². The summed E-state index contributed by atoms with van der Waals surface area (Å²) in [5, 5.41) is 5.63. The van der Waals surface area contributed by atoms with Gasteiger partial charge in [0.2, 0.25) is 0 Å². The SMILES string of the molecule is CCCCCCOc1ccc(C(=O)Nc2cccc(C(=O)NCc3ccco3)c2)cc1Br. The Labute approximate surface area is 196 Å². The molecule has 0 bridgehead atoms. The lowest BCUT2D eigenvalue weighted by molar-refractivity contribution is 0.0946. The van der Waals surface area contributed by atoms with Gasteiger partial charge < -0.3 is 19.8 Å². The van der Waals surface area contributed by atoms with Gasteiger partial charge in [-0.2, -0.15) is 0 Å². The van der Waals surface area contributed by atoms with Crippen LogP contribution in [0.5, 0.6) is 5.75 Å². The van der Waals surface area contributed by atoms with Gasteiger partial charge in [0.25, 0.3) is 11.8 Å². The molecule has 2 aromatic carbocycles. The van der Waals surface area contributed by atoms with Gasteiger partial charge in [-0.15, -0.1) is 0 Å².